The molecule has 0 fully saturated rings. The summed E-state index contributed by atoms with van der Waals surface area (Å²) >= 11 is 0. The first kappa shape index (κ1) is 13.0. The van der Waals surface area contributed by atoms with Gasteiger partial charge in [0.1, 0.15) is 5.75 Å². The number of carbonyl (C=O) groups excluding carboxylic acids is 2. The lowest BCUT2D eigenvalue weighted by molar-refractivity contribution is -0.150. The molecule has 0 aromatic heterocycles. The lowest BCUT2D eigenvalue weighted by atomic mass is 10.2. The van der Waals surface area contributed by atoms with Crippen molar-refractivity contribution in [3.63, 3.8) is 0 Å². The Morgan fingerprint density at radius 1 is 1.41 bits per heavy atom. The highest BCUT2D eigenvalue weighted by Gasteiger charge is 2.15. The van der Waals surface area contributed by atoms with Crippen LogP contribution in [0.3, 0.4) is 0 Å². The summed E-state index contributed by atoms with van der Waals surface area (Å²) < 4.78 is 10.1. The Bertz CT molecular complexity index is 417. The van der Waals surface area contributed by atoms with Crippen molar-refractivity contribution in [2.75, 3.05) is 6.61 Å². The summed E-state index contributed by atoms with van der Waals surface area (Å²) in [6.07, 6.45) is -0.724. The third-order valence-electron chi connectivity index (χ3n) is 2.05. The van der Waals surface area contributed by atoms with E-state index in [1.165, 1.54) is 6.07 Å². The van der Waals surface area contributed by atoms with Gasteiger partial charge in [-0.15, -0.1) is 0 Å². The average Bonchev–Trinajstić information content (AvgIpc) is 2.29. The monoisotopic (exact) mass is 237 g/mol. The first-order valence-electron chi connectivity index (χ1n) is 5.27. The third-order valence-corrected chi connectivity index (χ3v) is 2.05. The molecular weight excluding hydrogens is 222 g/mol. The standard InChI is InChI=1S/C12H15NO4/c1-3-16-12(15)8(2)17-10-6-4-5-9(7-10)11(13)14/h4-8H,3H2,1-2H3,(H2,13,14). The fourth-order valence-electron chi connectivity index (χ4n) is 1.23. The molecule has 0 radical (unpaired) electrons. The Morgan fingerprint density at radius 3 is 2.71 bits per heavy atom. The second-order valence-corrected chi connectivity index (χ2v) is 3.40. The van der Waals surface area contributed by atoms with Crippen molar-refractivity contribution < 1.29 is 19.1 Å². The van der Waals surface area contributed by atoms with Crippen LogP contribution in [-0.2, 0) is 9.53 Å². The van der Waals surface area contributed by atoms with Crippen LogP contribution in [0.15, 0.2) is 24.3 Å². The zero-order valence-electron chi connectivity index (χ0n) is 9.80. The number of rotatable bonds is 5. The Hall–Kier alpha value is -2.04. The maximum atomic E-state index is 11.3. The maximum absolute atomic E-state index is 11.3. The summed E-state index contributed by atoms with van der Waals surface area (Å²) in [6.45, 7) is 3.60. The van der Waals surface area contributed by atoms with Gasteiger partial charge in [-0.2, -0.15) is 0 Å². The van der Waals surface area contributed by atoms with Crippen molar-refractivity contribution in [2.24, 2.45) is 5.73 Å². The number of benzene rings is 1. The topological polar surface area (TPSA) is 78.6 Å². The van der Waals surface area contributed by atoms with E-state index < -0.39 is 18.0 Å². The molecule has 0 heterocycles. The fraction of sp³-hybridized carbons (Fsp3) is 0.333. The van der Waals surface area contributed by atoms with Crippen molar-refractivity contribution in [3.05, 3.63) is 29.8 Å². The number of hydrogen-bond acceptors (Lipinski definition) is 4. The van der Waals surface area contributed by atoms with Gasteiger partial charge in [-0.1, -0.05) is 6.07 Å². The van der Waals surface area contributed by atoms with Gasteiger partial charge in [0.2, 0.25) is 5.91 Å². The molecule has 1 aromatic rings. The molecule has 1 unspecified atom stereocenters. The molecule has 1 atom stereocenters. The molecule has 5 nitrogen and oxygen atoms in total. The molecule has 0 aliphatic heterocycles. The van der Waals surface area contributed by atoms with Gasteiger partial charge in [-0.25, -0.2) is 4.79 Å². The average molecular weight is 237 g/mol. The molecule has 1 aromatic carbocycles. The van der Waals surface area contributed by atoms with Crippen molar-refractivity contribution in [3.8, 4) is 5.75 Å². The number of nitrogens with two attached hydrogens (primary N) is 1. The Kier molecular flexibility index (Phi) is 4.51. The van der Waals surface area contributed by atoms with Gasteiger partial charge >= 0.3 is 5.97 Å². The number of esters is 1. The molecule has 0 saturated heterocycles. The molecule has 0 aliphatic carbocycles. The fourth-order valence-corrected chi connectivity index (χ4v) is 1.23. The highest BCUT2D eigenvalue weighted by atomic mass is 16.6. The molecule has 2 N–H and O–H groups in total. The van der Waals surface area contributed by atoms with Gasteiger partial charge in [-0.05, 0) is 32.0 Å². The summed E-state index contributed by atoms with van der Waals surface area (Å²) in [5.41, 5.74) is 5.47. The van der Waals surface area contributed by atoms with E-state index in [4.69, 9.17) is 15.2 Å². The molecule has 0 saturated carbocycles. The summed E-state index contributed by atoms with van der Waals surface area (Å²) in [4.78, 5) is 22.3. The zero-order valence-corrected chi connectivity index (χ0v) is 9.80. The number of amides is 1. The smallest absolute Gasteiger partial charge is 0.347 e. The molecular formula is C12H15NO4. The molecule has 17 heavy (non-hydrogen) atoms. The normalized spacial score (nSPS) is 11.6. The minimum Gasteiger partial charge on any atom is -0.479 e. The minimum absolute atomic E-state index is 0.299. The Morgan fingerprint density at radius 2 is 2.12 bits per heavy atom. The second-order valence-electron chi connectivity index (χ2n) is 3.40. The number of ether oxygens (including phenoxy) is 2. The predicted octanol–water partition coefficient (Wildman–Crippen LogP) is 1.12. The predicted molar refractivity (Wildman–Crippen MR) is 61.7 cm³/mol. The Labute approximate surface area is 99.5 Å². The van der Waals surface area contributed by atoms with E-state index >= 15 is 0 Å². The summed E-state index contributed by atoms with van der Waals surface area (Å²) in [7, 11) is 0. The van der Waals surface area contributed by atoms with E-state index in [0.717, 1.165) is 0 Å². The van der Waals surface area contributed by atoms with E-state index in [2.05, 4.69) is 0 Å². The molecule has 5 heteroatoms. The highest BCUT2D eigenvalue weighted by molar-refractivity contribution is 5.93. The highest BCUT2D eigenvalue weighted by Crippen LogP contribution is 2.15. The summed E-state index contributed by atoms with van der Waals surface area (Å²) in [5.74, 6) is -0.585. The van der Waals surface area contributed by atoms with Gasteiger partial charge in [0.15, 0.2) is 6.10 Å². The van der Waals surface area contributed by atoms with Crippen LogP contribution in [0.25, 0.3) is 0 Å². The quantitative estimate of drug-likeness (QED) is 0.778. The van der Waals surface area contributed by atoms with E-state index in [1.54, 1.807) is 32.0 Å². The second kappa shape index (κ2) is 5.89. The molecule has 92 valence electrons. The van der Waals surface area contributed by atoms with Crippen LogP contribution in [0.1, 0.15) is 24.2 Å². The van der Waals surface area contributed by atoms with Gasteiger partial charge in [0, 0.05) is 5.56 Å². The van der Waals surface area contributed by atoms with Crippen LogP contribution in [0.5, 0.6) is 5.75 Å². The largest absolute Gasteiger partial charge is 0.479 e. The van der Waals surface area contributed by atoms with Crippen molar-refractivity contribution in [2.45, 2.75) is 20.0 Å². The molecule has 0 aliphatic rings. The summed E-state index contributed by atoms with van der Waals surface area (Å²) in [5, 5.41) is 0. The number of carbonyl (C=O) groups is 2. The van der Waals surface area contributed by atoms with Crippen LogP contribution < -0.4 is 10.5 Å². The Balaban J connectivity index is 2.71. The van der Waals surface area contributed by atoms with E-state index in [-0.39, 0.29) is 0 Å². The van der Waals surface area contributed by atoms with Crippen LogP contribution in [-0.4, -0.2) is 24.6 Å². The third kappa shape index (κ3) is 3.79. The number of primary amides is 1. The molecule has 0 spiro atoms. The maximum Gasteiger partial charge on any atom is 0.347 e. The van der Waals surface area contributed by atoms with E-state index in [0.29, 0.717) is 17.9 Å². The van der Waals surface area contributed by atoms with Crippen LogP contribution >= 0.6 is 0 Å². The molecule has 1 amide bonds. The molecule has 0 bridgehead atoms. The van der Waals surface area contributed by atoms with Crippen molar-refractivity contribution in [1.82, 2.24) is 0 Å². The van der Waals surface area contributed by atoms with E-state index in [9.17, 15) is 9.59 Å². The first-order valence-corrected chi connectivity index (χ1v) is 5.27. The zero-order chi connectivity index (χ0) is 12.8. The van der Waals surface area contributed by atoms with Crippen LogP contribution in [0, 0.1) is 0 Å². The van der Waals surface area contributed by atoms with Crippen LogP contribution in [0.2, 0.25) is 0 Å². The minimum atomic E-state index is -0.724. The lowest BCUT2D eigenvalue weighted by Crippen LogP contribution is -2.26. The van der Waals surface area contributed by atoms with Crippen molar-refractivity contribution in [1.29, 1.82) is 0 Å². The van der Waals surface area contributed by atoms with Gasteiger partial charge < -0.3 is 15.2 Å². The lowest BCUT2D eigenvalue weighted by Gasteiger charge is -2.13. The SMILES string of the molecule is CCOC(=O)C(C)Oc1cccc(C(N)=O)c1. The van der Waals surface area contributed by atoms with Gasteiger partial charge in [0.05, 0.1) is 6.61 Å². The van der Waals surface area contributed by atoms with Crippen molar-refractivity contribution >= 4 is 11.9 Å². The van der Waals surface area contributed by atoms with Gasteiger partial charge in [-0.3, -0.25) is 4.79 Å². The molecule has 1 rings (SSSR count). The number of hydrogen-bond donors (Lipinski definition) is 1. The van der Waals surface area contributed by atoms with E-state index in [1.807, 2.05) is 0 Å². The first-order chi connectivity index (χ1) is 8.04. The van der Waals surface area contributed by atoms with Crippen LogP contribution in [0.4, 0.5) is 0 Å². The van der Waals surface area contributed by atoms with Gasteiger partial charge in [0.25, 0.3) is 0 Å². The summed E-state index contributed by atoms with van der Waals surface area (Å²) in [6, 6.07) is 6.33.